The second-order valence-electron chi connectivity index (χ2n) is 7.96. The van der Waals surface area contributed by atoms with Crippen molar-refractivity contribution in [1.29, 1.82) is 0 Å². The SMILES string of the molecule is C[C@@H]1[C@@H](C)CCC[C@H]1NC(=O)Cn1cnc2scc(-c3ccc(F)cc3)c2c1=O. The molecule has 1 saturated carbocycles. The Bertz CT molecular complexity index is 1090. The van der Waals surface area contributed by atoms with E-state index >= 15 is 0 Å². The molecule has 0 unspecified atom stereocenters. The Morgan fingerprint density at radius 3 is 2.79 bits per heavy atom. The summed E-state index contributed by atoms with van der Waals surface area (Å²) < 4.78 is 14.6. The van der Waals surface area contributed by atoms with E-state index in [1.807, 2.05) is 5.38 Å². The number of nitrogens with one attached hydrogen (secondary N) is 1. The van der Waals surface area contributed by atoms with Crippen LogP contribution in [0.25, 0.3) is 21.3 Å². The summed E-state index contributed by atoms with van der Waals surface area (Å²) in [6, 6.07) is 6.17. The van der Waals surface area contributed by atoms with Crippen molar-refractivity contribution in [2.24, 2.45) is 11.8 Å². The average molecular weight is 414 g/mol. The molecule has 3 aromatic rings. The van der Waals surface area contributed by atoms with Gasteiger partial charge in [0.25, 0.3) is 5.56 Å². The van der Waals surface area contributed by atoms with Gasteiger partial charge in [-0.25, -0.2) is 9.37 Å². The summed E-state index contributed by atoms with van der Waals surface area (Å²) >= 11 is 1.36. The first kappa shape index (κ1) is 19.8. The Morgan fingerprint density at radius 1 is 1.28 bits per heavy atom. The van der Waals surface area contributed by atoms with Crippen molar-refractivity contribution < 1.29 is 9.18 Å². The van der Waals surface area contributed by atoms with Crippen LogP contribution in [0.2, 0.25) is 0 Å². The molecule has 1 N–H and O–H groups in total. The third-order valence-electron chi connectivity index (χ3n) is 6.08. The average Bonchev–Trinajstić information content (AvgIpc) is 3.13. The number of aromatic nitrogens is 2. The highest BCUT2D eigenvalue weighted by Gasteiger charge is 2.28. The van der Waals surface area contributed by atoms with Gasteiger partial charge in [0.15, 0.2) is 0 Å². The van der Waals surface area contributed by atoms with Crippen LogP contribution >= 0.6 is 11.3 Å². The highest BCUT2D eigenvalue weighted by atomic mass is 32.1. The Labute approximate surface area is 172 Å². The maximum atomic E-state index is 13.3. The second-order valence-corrected chi connectivity index (χ2v) is 8.81. The van der Waals surface area contributed by atoms with Gasteiger partial charge < -0.3 is 5.32 Å². The summed E-state index contributed by atoms with van der Waals surface area (Å²) in [4.78, 5) is 30.7. The Morgan fingerprint density at radius 2 is 2.03 bits per heavy atom. The largest absolute Gasteiger partial charge is 0.352 e. The van der Waals surface area contributed by atoms with Gasteiger partial charge in [-0.05, 0) is 36.0 Å². The van der Waals surface area contributed by atoms with E-state index in [0.29, 0.717) is 27.6 Å². The normalized spacial score (nSPS) is 22.0. The van der Waals surface area contributed by atoms with Gasteiger partial charge in [-0.15, -0.1) is 11.3 Å². The van der Waals surface area contributed by atoms with Crippen LogP contribution in [0.1, 0.15) is 33.1 Å². The number of nitrogens with zero attached hydrogens (tertiary/aromatic N) is 2. The van der Waals surface area contributed by atoms with E-state index in [2.05, 4.69) is 24.1 Å². The number of amides is 1. The summed E-state index contributed by atoms with van der Waals surface area (Å²) in [6.45, 7) is 4.34. The molecule has 5 nitrogen and oxygen atoms in total. The molecule has 0 bridgehead atoms. The number of benzene rings is 1. The Kier molecular flexibility index (Phi) is 5.50. The Hall–Kier alpha value is -2.54. The number of hydrogen-bond acceptors (Lipinski definition) is 4. The molecular weight excluding hydrogens is 389 g/mol. The molecule has 2 aromatic heterocycles. The van der Waals surface area contributed by atoms with Crippen molar-refractivity contribution >= 4 is 27.5 Å². The number of carbonyl (C=O) groups is 1. The summed E-state index contributed by atoms with van der Waals surface area (Å²) in [5.41, 5.74) is 1.21. The van der Waals surface area contributed by atoms with Crippen molar-refractivity contribution in [3.8, 4) is 11.1 Å². The molecule has 1 fully saturated rings. The van der Waals surface area contributed by atoms with E-state index in [9.17, 15) is 14.0 Å². The van der Waals surface area contributed by atoms with E-state index < -0.39 is 0 Å². The highest BCUT2D eigenvalue weighted by molar-refractivity contribution is 7.17. The molecule has 152 valence electrons. The van der Waals surface area contributed by atoms with Gasteiger partial charge in [-0.3, -0.25) is 14.2 Å². The fourth-order valence-corrected chi connectivity index (χ4v) is 5.02. The minimum atomic E-state index is -0.327. The quantitative estimate of drug-likeness (QED) is 0.697. The number of thiophene rings is 1. The fraction of sp³-hybridized carbons (Fsp3) is 0.409. The van der Waals surface area contributed by atoms with Crippen LogP contribution in [0.5, 0.6) is 0 Å². The third kappa shape index (κ3) is 3.96. The maximum absolute atomic E-state index is 13.3. The molecule has 0 radical (unpaired) electrons. The molecular formula is C22H24FN3O2S. The minimum absolute atomic E-state index is 0.0575. The molecule has 1 amide bonds. The number of halogens is 1. The van der Waals surface area contributed by atoms with Gasteiger partial charge in [0, 0.05) is 17.0 Å². The van der Waals surface area contributed by atoms with Crippen LogP contribution in [0.3, 0.4) is 0 Å². The van der Waals surface area contributed by atoms with Crippen LogP contribution < -0.4 is 10.9 Å². The summed E-state index contributed by atoms with van der Waals surface area (Å²) in [6.07, 6.45) is 4.71. The van der Waals surface area contributed by atoms with Gasteiger partial charge in [0.1, 0.15) is 17.2 Å². The Balaban J connectivity index is 1.59. The van der Waals surface area contributed by atoms with E-state index in [4.69, 9.17) is 0 Å². The molecule has 29 heavy (non-hydrogen) atoms. The highest BCUT2D eigenvalue weighted by Crippen LogP contribution is 2.31. The molecule has 7 heteroatoms. The molecule has 0 saturated heterocycles. The monoisotopic (exact) mass is 413 g/mol. The van der Waals surface area contributed by atoms with Crippen LogP contribution in [0, 0.1) is 17.7 Å². The third-order valence-corrected chi connectivity index (χ3v) is 6.97. The van der Waals surface area contributed by atoms with Crippen LogP contribution in [0.4, 0.5) is 4.39 Å². The lowest BCUT2D eigenvalue weighted by atomic mass is 9.78. The first-order valence-corrected chi connectivity index (χ1v) is 10.8. The van der Waals surface area contributed by atoms with Crippen molar-refractivity contribution in [2.45, 2.75) is 45.7 Å². The lowest BCUT2D eigenvalue weighted by Crippen LogP contribution is -2.45. The van der Waals surface area contributed by atoms with Crippen molar-refractivity contribution in [2.75, 3.05) is 0 Å². The van der Waals surface area contributed by atoms with Crippen LogP contribution in [0.15, 0.2) is 40.8 Å². The van der Waals surface area contributed by atoms with Gasteiger partial charge in [0.2, 0.25) is 5.91 Å². The number of hydrogen-bond donors (Lipinski definition) is 1. The fourth-order valence-electron chi connectivity index (χ4n) is 4.11. The molecule has 0 aliphatic heterocycles. The summed E-state index contributed by atoms with van der Waals surface area (Å²) in [5, 5.41) is 5.42. The first-order chi connectivity index (χ1) is 13.9. The zero-order valence-electron chi connectivity index (χ0n) is 16.5. The molecule has 2 heterocycles. The van der Waals surface area contributed by atoms with Gasteiger partial charge in [0.05, 0.1) is 11.7 Å². The maximum Gasteiger partial charge on any atom is 0.263 e. The van der Waals surface area contributed by atoms with Crippen LogP contribution in [-0.2, 0) is 11.3 Å². The first-order valence-electron chi connectivity index (χ1n) is 9.96. The van der Waals surface area contributed by atoms with Crippen molar-refractivity contribution in [1.82, 2.24) is 14.9 Å². The van der Waals surface area contributed by atoms with Gasteiger partial charge in [-0.1, -0.05) is 38.8 Å². The molecule has 3 atom stereocenters. The van der Waals surface area contributed by atoms with Gasteiger partial charge in [-0.2, -0.15) is 0 Å². The smallest absolute Gasteiger partial charge is 0.263 e. The van der Waals surface area contributed by atoms with Crippen molar-refractivity contribution in [3.63, 3.8) is 0 Å². The topological polar surface area (TPSA) is 64.0 Å². The van der Waals surface area contributed by atoms with E-state index in [-0.39, 0.29) is 29.9 Å². The minimum Gasteiger partial charge on any atom is -0.352 e. The number of fused-ring (bicyclic) bond motifs is 1. The van der Waals surface area contributed by atoms with E-state index in [1.54, 1.807) is 12.1 Å². The molecule has 1 aliphatic carbocycles. The van der Waals surface area contributed by atoms with Crippen LogP contribution in [-0.4, -0.2) is 21.5 Å². The molecule has 1 aliphatic rings. The number of carbonyl (C=O) groups excluding carboxylic acids is 1. The predicted octanol–water partition coefficient (Wildman–Crippen LogP) is 4.21. The lowest BCUT2D eigenvalue weighted by Gasteiger charge is -2.34. The zero-order valence-corrected chi connectivity index (χ0v) is 17.3. The lowest BCUT2D eigenvalue weighted by molar-refractivity contribution is -0.123. The predicted molar refractivity (Wildman–Crippen MR) is 113 cm³/mol. The van der Waals surface area contributed by atoms with Crippen molar-refractivity contribution in [3.05, 3.63) is 52.1 Å². The van der Waals surface area contributed by atoms with Gasteiger partial charge >= 0.3 is 0 Å². The number of rotatable bonds is 4. The second kappa shape index (κ2) is 8.06. The van der Waals surface area contributed by atoms with E-state index in [1.165, 1.54) is 40.8 Å². The molecule has 0 spiro atoms. The summed E-state index contributed by atoms with van der Waals surface area (Å²) in [7, 11) is 0. The van der Waals surface area contributed by atoms with E-state index in [0.717, 1.165) is 18.4 Å². The summed E-state index contributed by atoms with van der Waals surface area (Å²) in [5.74, 6) is 0.510. The zero-order chi connectivity index (χ0) is 20.5. The molecule has 4 rings (SSSR count). The molecule has 1 aromatic carbocycles. The standard InChI is InChI=1S/C22H24FN3O2S/c1-13-4-3-5-18(14(13)2)25-19(27)10-26-12-24-21-20(22(26)28)17(11-29-21)15-6-8-16(23)9-7-15/h6-9,11-14,18H,3-5,10H2,1-2H3,(H,25,27)/t13-,14+,18+/m0/s1.